The Labute approximate surface area is 128 Å². The van der Waals surface area contributed by atoms with Crippen LogP contribution < -0.4 is 16.4 Å². The highest BCUT2D eigenvalue weighted by Gasteiger charge is 2.13. The minimum atomic E-state index is -0.0988. The normalized spacial score (nSPS) is 12.0. The van der Waals surface area contributed by atoms with Crippen molar-refractivity contribution >= 4 is 28.6 Å². The van der Waals surface area contributed by atoms with Gasteiger partial charge in [0, 0.05) is 23.2 Å². The van der Waals surface area contributed by atoms with Gasteiger partial charge in [0.15, 0.2) is 0 Å². The second kappa shape index (κ2) is 6.58. The second-order valence-electron chi connectivity index (χ2n) is 4.85. The number of carbonyl (C=O) groups is 1. The fourth-order valence-electron chi connectivity index (χ4n) is 1.95. The van der Waals surface area contributed by atoms with Crippen molar-refractivity contribution in [2.24, 2.45) is 0 Å². The van der Waals surface area contributed by atoms with Crippen molar-refractivity contribution in [3.05, 3.63) is 39.8 Å². The van der Waals surface area contributed by atoms with E-state index in [4.69, 9.17) is 5.73 Å². The number of nitrogens with one attached hydrogen (secondary N) is 2. The van der Waals surface area contributed by atoms with E-state index in [2.05, 4.69) is 15.6 Å². The van der Waals surface area contributed by atoms with E-state index in [1.807, 2.05) is 26.2 Å². The number of nitrogens with zero attached hydrogens (tertiary/aromatic N) is 1. The number of nitrogens with two attached hydrogens (primary N) is 1. The Bertz CT molecular complexity index is 638. The molecular weight excluding hydrogens is 284 g/mol. The van der Waals surface area contributed by atoms with Gasteiger partial charge in [-0.1, -0.05) is 0 Å². The molecule has 0 saturated heterocycles. The van der Waals surface area contributed by atoms with Gasteiger partial charge in [-0.15, -0.1) is 11.3 Å². The number of aromatic nitrogens is 1. The molecule has 0 aliphatic rings. The Morgan fingerprint density at radius 3 is 2.86 bits per heavy atom. The van der Waals surface area contributed by atoms with Crippen LogP contribution in [0.3, 0.4) is 0 Å². The molecule has 1 amide bonds. The van der Waals surface area contributed by atoms with Crippen molar-refractivity contribution in [2.45, 2.75) is 26.8 Å². The first-order valence-corrected chi connectivity index (χ1v) is 7.75. The molecule has 2 aromatic rings. The molecule has 0 bridgehead atoms. The first kappa shape index (κ1) is 15.3. The molecule has 0 aliphatic carbocycles. The molecule has 1 heterocycles. The summed E-state index contributed by atoms with van der Waals surface area (Å²) in [4.78, 5) is 16.3. The zero-order valence-corrected chi connectivity index (χ0v) is 13.3. The van der Waals surface area contributed by atoms with E-state index in [1.54, 1.807) is 29.5 Å². The van der Waals surface area contributed by atoms with Gasteiger partial charge >= 0.3 is 0 Å². The molecule has 6 heteroatoms. The molecule has 112 valence electrons. The summed E-state index contributed by atoms with van der Waals surface area (Å²) in [6.45, 7) is 6.48. The number of amides is 1. The standard InChI is InChI=1S/C15H20N4OS/c1-4-17-14(20)11-5-6-12(16)13(7-11)19-10(3)15-18-9(2)8-21-15/h5-8,10,19H,4,16H2,1-3H3,(H,17,20). The average Bonchev–Trinajstić information content (AvgIpc) is 2.88. The molecule has 1 atom stereocenters. The van der Waals surface area contributed by atoms with Crippen molar-refractivity contribution in [3.63, 3.8) is 0 Å². The maximum atomic E-state index is 11.9. The Kier molecular flexibility index (Phi) is 4.80. The molecule has 0 spiro atoms. The van der Waals surface area contributed by atoms with E-state index in [-0.39, 0.29) is 11.9 Å². The fourth-order valence-corrected chi connectivity index (χ4v) is 2.75. The van der Waals surface area contributed by atoms with Gasteiger partial charge in [0.25, 0.3) is 5.91 Å². The molecule has 0 saturated carbocycles. The van der Waals surface area contributed by atoms with Crippen LogP contribution in [0.15, 0.2) is 23.6 Å². The van der Waals surface area contributed by atoms with E-state index in [9.17, 15) is 4.79 Å². The SMILES string of the molecule is CCNC(=O)c1ccc(N)c(NC(C)c2nc(C)cs2)c1. The maximum absolute atomic E-state index is 11.9. The Morgan fingerprint density at radius 1 is 1.48 bits per heavy atom. The number of benzene rings is 1. The lowest BCUT2D eigenvalue weighted by Gasteiger charge is -2.15. The van der Waals surface area contributed by atoms with Gasteiger partial charge in [-0.25, -0.2) is 4.98 Å². The fraction of sp³-hybridized carbons (Fsp3) is 0.333. The van der Waals surface area contributed by atoms with Crippen LogP contribution in [0, 0.1) is 6.92 Å². The molecule has 0 radical (unpaired) electrons. The van der Waals surface area contributed by atoms with Gasteiger partial charge in [0.2, 0.25) is 0 Å². The first-order chi connectivity index (χ1) is 10.0. The molecule has 21 heavy (non-hydrogen) atoms. The van der Waals surface area contributed by atoms with Crippen LogP contribution >= 0.6 is 11.3 Å². The summed E-state index contributed by atoms with van der Waals surface area (Å²) in [5.74, 6) is -0.0988. The predicted molar refractivity (Wildman–Crippen MR) is 87.8 cm³/mol. The Balaban J connectivity index is 2.19. The molecule has 1 aromatic carbocycles. The van der Waals surface area contributed by atoms with Crippen molar-refractivity contribution in [1.29, 1.82) is 0 Å². The minimum absolute atomic E-state index is 0.0375. The molecule has 5 nitrogen and oxygen atoms in total. The summed E-state index contributed by atoms with van der Waals surface area (Å²) >= 11 is 1.61. The van der Waals surface area contributed by atoms with Crippen LogP contribution in [0.5, 0.6) is 0 Å². The number of rotatable bonds is 5. The molecular formula is C15H20N4OS. The first-order valence-electron chi connectivity index (χ1n) is 6.87. The highest BCUT2D eigenvalue weighted by Crippen LogP contribution is 2.27. The predicted octanol–water partition coefficient (Wildman–Crippen LogP) is 2.96. The third-order valence-corrected chi connectivity index (χ3v) is 4.18. The summed E-state index contributed by atoms with van der Waals surface area (Å²) in [7, 11) is 0. The quantitative estimate of drug-likeness (QED) is 0.742. The largest absolute Gasteiger partial charge is 0.397 e. The number of thiazole rings is 1. The van der Waals surface area contributed by atoms with Gasteiger partial charge in [0.1, 0.15) is 5.01 Å². The lowest BCUT2D eigenvalue weighted by Crippen LogP contribution is -2.22. The number of hydrogen-bond donors (Lipinski definition) is 3. The number of anilines is 2. The van der Waals surface area contributed by atoms with Gasteiger partial charge < -0.3 is 16.4 Å². The lowest BCUT2D eigenvalue weighted by molar-refractivity contribution is 0.0956. The van der Waals surface area contributed by atoms with E-state index in [1.165, 1.54) is 0 Å². The number of hydrogen-bond acceptors (Lipinski definition) is 5. The maximum Gasteiger partial charge on any atom is 0.251 e. The van der Waals surface area contributed by atoms with Crippen LogP contribution in [0.2, 0.25) is 0 Å². The van der Waals surface area contributed by atoms with Crippen LogP contribution in [0.25, 0.3) is 0 Å². The van der Waals surface area contributed by atoms with E-state index >= 15 is 0 Å². The lowest BCUT2D eigenvalue weighted by atomic mass is 10.1. The zero-order chi connectivity index (χ0) is 15.4. The monoisotopic (exact) mass is 304 g/mol. The molecule has 4 N–H and O–H groups in total. The third-order valence-electron chi connectivity index (χ3n) is 3.03. The van der Waals surface area contributed by atoms with Crippen LogP contribution in [0.1, 0.15) is 40.9 Å². The molecule has 0 aliphatic heterocycles. The summed E-state index contributed by atoms with van der Waals surface area (Å²) in [6, 6.07) is 5.28. The highest BCUT2D eigenvalue weighted by molar-refractivity contribution is 7.09. The Hall–Kier alpha value is -2.08. The number of carbonyl (C=O) groups excluding carboxylic acids is 1. The second-order valence-corrected chi connectivity index (χ2v) is 5.74. The summed E-state index contributed by atoms with van der Waals surface area (Å²) < 4.78 is 0. The third kappa shape index (κ3) is 3.72. The highest BCUT2D eigenvalue weighted by atomic mass is 32.1. The topological polar surface area (TPSA) is 80.0 Å². The molecule has 1 aromatic heterocycles. The van der Waals surface area contributed by atoms with Crippen LogP contribution in [-0.4, -0.2) is 17.4 Å². The van der Waals surface area contributed by atoms with Gasteiger partial charge in [-0.3, -0.25) is 4.79 Å². The number of aryl methyl sites for hydroxylation is 1. The van der Waals surface area contributed by atoms with E-state index < -0.39 is 0 Å². The molecule has 0 fully saturated rings. The van der Waals surface area contributed by atoms with Crippen LogP contribution in [0.4, 0.5) is 11.4 Å². The summed E-state index contributed by atoms with van der Waals surface area (Å²) in [5.41, 5.74) is 8.95. The molecule has 1 unspecified atom stereocenters. The zero-order valence-electron chi connectivity index (χ0n) is 12.4. The number of nitrogen functional groups attached to an aromatic ring is 1. The van der Waals surface area contributed by atoms with Crippen molar-refractivity contribution in [2.75, 3.05) is 17.6 Å². The molecule has 2 rings (SSSR count). The van der Waals surface area contributed by atoms with Gasteiger partial charge in [0.05, 0.1) is 17.4 Å². The van der Waals surface area contributed by atoms with Crippen LogP contribution in [-0.2, 0) is 0 Å². The summed E-state index contributed by atoms with van der Waals surface area (Å²) in [6.07, 6.45) is 0. The Morgan fingerprint density at radius 2 is 2.24 bits per heavy atom. The van der Waals surface area contributed by atoms with Crippen molar-refractivity contribution in [3.8, 4) is 0 Å². The van der Waals surface area contributed by atoms with Crippen molar-refractivity contribution in [1.82, 2.24) is 10.3 Å². The smallest absolute Gasteiger partial charge is 0.251 e. The van der Waals surface area contributed by atoms with E-state index in [0.717, 1.165) is 16.4 Å². The minimum Gasteiger partial charge on any atom is -0.397 e. The van der Waals surface area contributed by atoms with Crippen molar-refractivity contribution < 1.29 is 4.79 Å². The van der Waals surface area contributed by atoms with Gasteiger partial charge in [-0.2, -0.15) is 0 Å². The summed E-state index contributed by atoms with van der Waals surface area (Å²) in [5, 5.41) is 9.11. The van der Waals surface area contributed by atoms with E-state index in [0.29, 0.717) is 17.8 Å². The average molecular weight is 304 g/mol. The van der Waals surface area contributed by atoms with Gasteiger partial charge in [-0.05, 0) is 39.0 Å².